The molecule has 1 saturated heterocycles. The Bertz CT molecular complexity index is 964. The molecule has 1 aromatic rings. The zero-order valence-electron chi connectivity index (χ0n) is 18.8. The van der Waals surface area contributed by atoms with E-state index in [0.29, 0.717) is 25.5 Å². The SMILES string of the molecule is COCC1CN(C2=CC(SNC3(C)CC3)=C/C(=C(/N)c3nnc(C(F)F)s3)N2N)C(C)CO1. The van der Waals surface area contributed by atoms with E-state index in [1.807, 2.05) is 12.2 Å². The molecular weight excluding hydrogens is 472 g/mol. The van der Waals surface area contributed by atoms with Gasteiger partial charge in [-0.25, -0.2) is 14.6 Å². The second kappa shape index (κ2) is 9.84. The van der Waals surface area contributed by atoms with Gasteiger partial charge >= 0.3 is 0 Å². The summed E-state index contributed by atoms with van der Waals surface area (Å²) in [7, 11) is 1.64. The normalized spacial score (nSPS) is 26.4. The van der Waals surface area contributed by atoms with E-state index in [1.165, 1.54) is 17.0 Å². The number of alkyl halides is 2. The number of nitrogens with two attached hydrogens (primary N) is 2. The van der Waals surface area contributed by atoms with Crippen molar-refractivity contribution in [3.63, 3.8) is 0 Å². The predicted molar refractivity (Wildman–Crippen MR) is 124 cm³/mol. The lowest BCUT2D eigenvalue weighted by molar-refractivity contribution is -0.0800. The summed E-state index contributed by atoms with van der Waals surface area (Å²) in [4.78, 5) is 3.05. The van der Waals surface area contributed by atoms with Crippen LogP contribution in [0.2, 0.25) is 0 Å². The molecule has 2 fully saturated rings. The van der Waals surface area contributed by atoms with E-state index < -0.39 is 6.43 Å². The second-order valence-corrected chi connectivity index (χ2v) is 10.5. The number of morpholine rings is 1. The lowest BCUT2D eigenvalue weighted by atomic mass is 10.1. The molecule has 13 heteroatoms. The molecule has 0 radical (unpaired) electrons. The van der Waals surface area contributed by atoms with Crippen LogP contribution >= 0.6 is 23.3 Å². The summed E-state index contributed by atoms with van der Waals surface area (Å²) in [5, 5.41) is 8.71. The highest BCUT2D eigenvalue weighted by molar-refractivity contribution is 8.01. The van der Waals surface area contributed by atoms with Crippen molar-refractivity contribution in [2.45, 2.75) is 50.8 Å². The molecule has 2 unspecified atom stereocenters. The highest BCUT2D eigenvalue weighted by atomic mass is 32.2. The minimum Gasteiger partial charge on any atom is -0.394 e. The van der Waals surface area contributed by atoms with Crippen molar-refractivity contribution in [2.75, 3.05) is 26.9 Å². The monoisotopic (exact) mass is 501 g/mol. The second-order valence-electron chi connectivity index (χ2n) is 8.64. The zero-order chi connectivity index (χ0) is 23.8. The molecule has 3 heterocycles. The maximum absolute atomic E-state index is 13.0. The fourth-order valence-corrected chi connectivity index (χ4v) is 5.06. The lowest BCUT2D eigenvalue weighted by Gasteiger charge is -2.44. The number of hydrogen-bond acceptors (Lipinski definition) is 11. The highest BCUT2D eigenvalue weighted by Crippen LogP contribution is 2.40. The zero-order valence-corrected chi connectivity index (χ0v) is 20.4. The van der Waals surface area contributed by atoms with Crippen molar-refractivity contribution in [3.05, 3.63) is 38.6 Å². The van der Waals surface area contributed by atoms with Crippen LogP contribution in [0.25, 0.3) is 5.70 Å². The van der Waals surface area contributed by atoms with E-state index in [9.17, 15) is 8.78 Å². The summed E-state index contributed by atoms with van der Waals surface area (Å²) >= 11 is 2.26. The summed E-state index contributed by atoms with van der Waals surface area (Å²) in [5.41, 5.74) is 7.16. The van der Waals surface area contributed by atoms with Gasteiger partial charge in [0.1, 0.15) is 5.82 Å². The summed E-state index contributed by atoms with van der Waals surface area (Å²) in [6.07, 6.45) is 3.24. The molecular formula is C20H29F2N7O2S2. The van der Waals surface area contributed by atoms with Crippen molar-refractivity contribution in [1.82, 2.24) is 24.8 Å². The van der Waals surface area contributed by atoms with E-state index in [0.717, 1.165) is 34.9 Å². The first-order chi connectivity index (χ1) is 15.7. The molecule has 1 aromatic heterocycles. The predicted octanol–water partition coefficient (Wildman–Crippen LogP) is 2.54. The number of nitrogens with zero attached hydrogens (tertiary/aromatic N) is 4. The number of methoxy groups -OCH3 is 1. The Morgan fingerprint density at radius 1 is 1.42 bits per heavy atom. The number of hydrogen-bond donors (Lipinski definition) is 3. The molecule has 5 N–H and O–H groups in total. The number of halogens is 2. The summed E-state index contributed by atoms with van der Waals surface area (Å²) in [6, 6.07) is 0.0584. The van der Waals surface area contributed by atoms with Crippen molar-refractivity contribution >= 4 is 29.0 Å². The van der Waals surface area contributed by atoms with Gasteiger partial charge in [-0.2, -0.15) is 0 Å². The van der Waals surface area contributed by atoms with Gasteiger partial charge in [-0.15, -0.1) is 10.2 Å². The number of rotatable bonds is 8. The quantitative estimate of drug-likeness (QED) is 0.363. The van der Waals surface area contributed by atoms with E-state index in [-0.39, 0.29) is 33.4 Å². The smallest absolute Gasteiger partial charge is 0.291 e. The lowest BCUT2D eigenvalue weighted by Crippen LogP contribution is -2.53. The standard InChI is InChI=1S/C20H29F2N7O2S2/c1-11-9-31-12(10-30-3)8-28(11)15-7-13(33-27-20(2)4-5-20)6-14(29(15)24)16(23)18-25-26-19(32-18)17(21)22/h6-7,11-12,17,27H,4-5,8-10,23-24H2,1-3H3/b16-14-. The molecule has 2 aliphatic heterocycles. The van der Waals surface area contributed by atoms with Gasteiger partial charge in [0, 0.05) is 24.1 Å². The van der Waals surface area contributed by atoms with Crippen molar-refractivity contribution in [3.8, 4) is 0 Å². The van der Waals surface area contributed by atoms with Crippen molar-refractivity contribution in [1.29, 1.82) is 0 Å². The number of allylic oxidation sites excluding steroid dienone is 2. The van der Waals surface area contributed by atoms with Crippen LogP contribution < -0.4 is 16.3 Å². The Kier molecular flexibility index (Phi) is 7.26. The van der Waals surface area contributed by atoms with E-state index in [2.05, 4.69) is 33.7 Å². The third-order valence-corrected chi connectivity index (χ3v) is 7.79. The fourth-order valence-electron chi connectivity index (χ4n) is 3.49. The van der Waals surface area contributed by atoms with Crippen molar-refractivity contribution in [2.24, 2.45) is 11.6 Å². The number of ether oxygens (including phenoxy) is 2. The van der Waals surface area contributed by atoms with Gasteiger partial charge in [-0.3, -0.25) is 9.73 Å². The van der Waals surface area contributed by atoms with Gasteiger partial charge in [0.05, 0.1) is 36.8 Å². The Morgan fingerprint density at radius 2 is 2.18 bits per heavy atom. The van der Waals surface area contributed by atoms with Gasteiger partial charge in [0.2, 0.25) is 0 Å². The van der Waals surface area contributed by atoms with Crippen LogP contribution in [0.15, 0.2) is 28.6 Å². The molecule has 182 valence electrons. The first-order valence-corrected chi connectivity index (χ1v) is 12.2. The number of hydrazine groups is 1. The summed E-state index contributed by atoms with van der Waals surface area (Å²) in [5.74, 6) is 7.28. The molecule has 1 aliphatic carbocycles. The van der Waals surface area contributed by atoms with Gasteiger partial charge < -0.3 is 20.1 Å². The third-order valence-electron chi connectivity index (χ3n) is 5.76. The Hall–Kier alpha value is -1.77. The van der Waals surface area contributed by atoms with Crippen LogP contribution in [0.1, 0.15) is 43.1 Å². The fraction of sp³-hybridized carbons (Fsp3) is 0.600. The van der Waals surface area contributed by atoms with Crippen LogP contribution in [0.4, 0.5) is 8.78 Å². The molecule has 0 aromatic carbocycles. The van der Waals surface area contributed by atoms with Crippen molar-refractivity contribution < 1.29 is 18.3 Å². The molecule has 4 rings (SSSR count). The van der Waals surface area contributed by atoms with Gasteiger partial charge in [-0.05, 0) is 50.8 Å². The number of nitrogens with one attached hydrogen (secondary N) is 1. The van der Waals surface area contributed by atoms with Crippen LogP contribution in [-0.2, 0) is 9.47 Å². The minimum absolute atomic E-state index is 0.0584. The molecule has 0 spiro atoms. The Balaban J connectivity index is 1.67. The molecule has 3 aliphatic rings. The Morgan fingerprint density at radius 3 is 2.82 bits per heavy atom. The molecule has 2 atom stereocenters. The molecule has 9 nitrogen and oxygen atoms in total. The molecule has 1 saturated carbocycles. The van der Waals surface area contributed by atoms with Gasteiger partial charge in [0.25, 0.3) is 6.43 Å². The maximum Gasteiger partial charge on any atom is 0.291 e. The maximum atomic E-state index is 13.0. The van der Waals surface area contributed by atoms with Gasteiger partial charge in [0.15, 0.2) is 10.0 Å². The first kappa shape index (κ1) is 24.4. The first-order valence-electron chi connectivity index (χ1n) is 10.6. The van der Waals surface area contributed by atoms with Crippen LogP contribution in [0, 0.1) is 0 Å². The minimum atomic E-state index is -2.71. The topological polar surface area (TPSA) is 115 Å². The van der Waals surface area contributed by atoms with Crippen LogP contribution in [0.3, 0.4) is 0 Å². The highest BCUT2D eigenvalue weighted by Gasteiger charge is 2.38. The van der Waals surface area contributed by atoms with E-state index in [1.54, 1.807) is 7.11 Å². The Labute approximate surface area is 199 Å². The average molecular weight is 502 g/mol. The van der Waals surface area contributed by atoms with E-state index in [4.69, 9.17) is 21.1 Å². The summed E-state index contributed by atoms with van der Waals surface area (Å²) < 4.78 is 40.7. The van der Waals surface area contributed by atoms with Gasteiger partial charge in [-0.1, -0.05) is 11.3 Å². The largest absolute Gasteiger partial charge is 0.394 e. The molecule has 33 heavy (non-hydrogen) atoms. The number of aromatic nitrogens is 2. The molecule has 0 bridgehead atoms. The third kappa shape index (κ3) is 5.49. The van der Waals surface area contributed by atoms with Crippen LogP contribution in [-0.4, -0.2) is 64.7 Å². The molecule has 0 amide bonds. The van der Waals surface area contributed by atoms with Crippen LogP contribution in [0.5, 0.6) is 0 Å². The average Bonchev–Trinajstić information content (AvgIpc) is 3.31. The summed E-state index contributed by atoms with van der Waals surface area (Å²) in [6.45, 7) is 5.79. The van der Waals surface area contributed by atoms with E-state index >= 15 is 0 Å².